The van der Waals surface area contributed by atoms with Crippen molar-refractivity contribution in [1.82, 2.24) is 9.55 Å². The Hall–Kier alpha value is -2.24. The second kappa shape index (κ2) is 8.60. The van der Waals surface area contributed by atoms with E-state index in [0.717, 1.165) is 22.2 Å². The molecule has 0 aliphatic rings. The first-order valence-electron chi connectivity index (χ1n) is 10.7. The average molecular weight is 476 g/mol. The van der Waals surface area contributed by atoms with Gasteiger partial charge in [-0.1, -0.05) is 76.9 Å². The molecule has 0 bridgehead atoms. The number of imidazole rings is 1. The van der Waals surface area contributed by atoms with Crippen molar-refractivity contribution in [2.45, 2.75) is 65.2 Å². The SMILES string of the molecule is Cn1c(NC(=O)CCc2cc(C(C)(C)C)c(O)c(C(C)(C)C)c2)nc2cc(Cl)c(Cl)cc21. The number of amides is 1. The van der Waals surface area contributed by atoms with Crippen LogP contribution < -0.4 is 5.32 Å². The summed E-state index contributed by atoms with van der Waals surface area (Å²) in [7, 11) is 1.82. The van der Waals surface area contributed by atoms with Crippen LogP contribution in [0.15, 0.2) is 24.3 Å². The third-order valence-electron chi connectivity index (χ3n) is 5.60. The van der Waals surface area contributed by atoms with Gasteiger partial charge >= 0.3 is 0 Å². The van der Waals surface area contributed by atoms with Gasteiger partial charge in [-0.05, 0) is 46.1 Å². The monoisotopic (exact) mass is 475 g/mol. The quantitative estimate of drug-likeness (QED) is 0.438. The van der Waals surface area contributed by atoms with E-state index in [-0.39, 0.29) is 16.7 Å². The van der Waals surface area contributed by atoms with E-state index in [0.29, 0.717) is 40.1 Å². The summed E-state index contributed by atoms with van der Waals surface area (Å²) in [5.41, 5.74) is 3.85. The molecule has 0 saturated heterocycles. The first kappa shape index (κ1) is 24.4. The second-order valence-electron chi connectivity index (χ2n) is 10.3. The third kappa shape index (κ3) is 5.05. The molecule has 3 rings (SSSR count). The van der Waals surface area contributed by atoms with Crippen molar-refractivity contribution in [2.75, 3.05) is 5.32 Å². The molecule has 0 saturated carbocycles. The molecule has 32 heavy (non-hydrogen) atoms. The van der Waals surface area contributed by atoms with Crippen LogP contribution in [0.3, 0.4) is 0 Å². The van der Waals surface area contributed by atoms with Crippen LogP contribution in [0.2, 0.25) is 10.0 Å². The fourth-order valence-corrected chi connectivity index (χ4v) is 4.04. The number of hydrogen-bond donors (Lipinski definition) is 2. The van der Waals surface area contributed by atoms with Gasteiger partial charge in [0.25, 0.3) is 0 Å². The van der Waals surface area contributed by atoms with Gasteiger partial charge in [0, 0.05) is 13.5 Å². The zero-order valence-corrected chi connectivity index (χ0v) is 21.2. The highest BCUT2D eigenvalue weighted by Gasteiger charge is 2.26. The van der Waals surface area contributed by atoms with Gasteiger partial charge in [-0.3, -0.25) is 10.1 Å². The number of aryl methyl sites for hydroxylation is 2. The molecule has 0 atom stereocenters. The van der Waals surface area contributed by atoms with Crippen molar-refractivity contribution in [2.24, 2.45) is 7.05 Å². The van der Waals surface area contributed by atoms with E-state index < -0.39 is 0 Å². The molecule has 2 N–H and O–H groups in total. The van der Waals surface area contributed by atoms with Crippen LogP contribution >= 0.6 is 23.2 Å². The summed E-state index contributed by atoms with van der Waals surface area (Å²) < 4.78 is 1.78. The van der Waals surface area contributed by atoms with E-state index in [4.69, 9.17) is 23.2 Å². The number of fused-ring (bicyclic) bond motifs is 1. The highest BCUT2D eigenvalue weighted by molar-refractivity contribution is 6.42. The number of aromatic nitrogens is 2. The molecular weight excluding hydrogens is 445 g/mol. The molecule has 0 aliphatic heterocycles. The van der Waals surface area contributed by atoms with E-state index in [9.17, 15) is 9.90 Å². The third-order valence-corrected chi connectivity index (χ3v) is 6.32. The fraction of sp³-hybridized carbons (Fsp3) is 0.440. The van der Waals surface area contributed by atoms with Crippen molar-refractivity contribution in [3.05, 3.63) is 51.0 Å². The van der Waals surface area contributed by atoms with Gasteiger partial charge in [-0.2, -0.15) is 0 Å². The maximum atomic E-state index is 12.7. The summed E-state index contributed by atoms with van der Waals surface area (Å²) in [4.78, 5) is 17.2. The Labute approximate surface area is 199 Å². The predicted octanol–water partition coefficient (Wildman–Crippen LogP) is 6.75. The topological polar surface area (TPSA) is 67.2 Å². The maximum Gasteiger partial charge on any atom is 0.227 e. The Morgan fingerprint density at radius 1 is 1.00 bits per heavy atom. The summed E-state index contributed by atoms with van der Waals surface area (Å²) in [6.07, 6.45) is 0.850. The van der Waals surface area contributed by atoms with Crippen LogP contribution in [0.4, 0.5) is 5.95 Å². The molecule has 2 aromatic carbocycles. The summed E-state index contributed by atoms with van der Waals surface area (Å²) >= 11 is 12.2. The van der Waals surface area contributed by atoms with Crippen molar-refractivity contribution < 1.29 is 9.90 Å². The average Bonchev–Trinajstić information content (AvgIpc) is 2.94. The molecule has 1 heterocycles. The van der Waals surface area contributed by atoms with Gasteiger partial charge in [0.1, 0.15) is 5.75 Å². The molecule has 0 radical (unpaired) electrons. The van der Waals surface area contributed by atoms with Crippen molar-refractivity contribution >= 4 is 46.1 Å². The molecule has 7 heteroatoms. The van der Waals surface area contributed by atoms with Crippen LogP contribution in [0.25, 0.3) is 11.0 Å². The van der Waals surface area contributed by atoms with E-state index in [2.05, 4.69) is 51.8 Å². The van der Waals surface area contributed by atoms with E-state index in [1.54, 1.807) is 16.7 Å². The maximum absolute atomic E-state index is 12.7. The standard InChI is InChI=1S/C25H31Cl2N3O2/c1-24(2,3)15-10-14(11-16(22(15)32)25(4,5)6)8-9-21(31)29-23-28-19-12-17(26)18(27)13-20(19)30(23)7/h10-13,32H,8-9H2,1-7H3,(H,28,29,31). The van der Waals surface area contributed by atoms with Gasteiger partial charge in [0.15, 0.2) is 0 Å². The Balaban J connectivity index is 1.82. The highest BCUT2D eigenvalue weighted by atomic mass is 35.5. The van der Waals surface area contributed by atoms with Crippen LogP contribution in [-0.2, 0) is 29.1 Å². The molecule has 0 aliphatic carbocycles. The lowest BCUT2D eigenvalue weighted by molar-refractivity contribution is -0.116. The van der Waals surface area contributed by atoms with E-state index in [1.165, 1.54) is 0 Å². The first-order valence-corrected chi connectivity index (χ1v) is 11.4. The minimum absolute atomic E-state index is 0.136. The van der Waals surface area contributed by atoms with Crippen molar-refractivity contribution in [1.29, 1.82) is 0 Å². The lowest BCUT2D eigenvalue weighted by Gasteiger charge is -2.28. The Morgan fingerprint density at radius 3 is 2.06 bits per heavy atom. The highest BCUT2D eigenvalue weighted by Crippen LogP contribution is 2.40. The number of nitrogens with zero attached hydrogens (tertiary/aromatic N) is 2. The van der Waals surface area contributed by atoms with E-state index >= 15 is 0 Å². The molecule has 0 unspecified atom stereocenters. The molecule has 5 nitrogen and oxygen atoms in total. The molecule has 172 valence electrons. The van der Waals surface area contributed by atoms with Crippen LogP contribution in [-0.4, -0.2) is 20.6 Å². The summed E-state index contributed by atoms with van der Waals surface area (Å²) in [5, 5.41) is 14.6. The normalized spacial score (nSPS) is 12.4. The minimum atomic E-state index is -0.210. The molecule has 1 amide bonds. The Bertz CT molecular complexity index is 1150. The van der Waals surface area contributed by atoms with Crippen LogP contribution in [0.1, 0.15) is 64.7 Å². The number of hydrogen-bond acceptors (Lipinski definition) is 3. The van der Waals surface area contributed by atoms with Gasteiger partial charge in [0.2, 0.25) is 11.9 Å². The fourth-order valence-electron chi connectivity index (χ4n) is 3.73. The number of benzene rings is 2. The number of anilines is 1. The van der Waals surface area contributed by atoms with Gasteiger partial charge in [-0.15, -0.1) is 0 Å². The van der Waals surface area contributed by atoms with Gasteiger partial charge in [-0.25, -0.2) is 4.98 Å². The number of halogens is 2. The number of nitrogens with one attached hydrogen (secondary N) is 1. The zero-order chi connectivity index (χ0) is 24.0. The number of phenolic OH excluding ortho intramolecular Hbond substituents is 1. The lowest BCUT2D eigenvalue weighted by atomic mass is 9.78. The number of carbonyl (C=O) groups is 1. The summed E-state index contributed by atoms with van der Waals surface area (Å²) in [5.74, 6) is 0.651. The number of aromatic hydroxyl groups is 1. The second-order valence-corrected chi connectivity index (χ2v) is 11.2. The number of carbonyl (C=O) groups excluding carboxylic acids is 1. The van der Waals surface area contributed by atoms with Gasteiger partial charge in [0.05, 0.1) is 21.1 Å². The lowest BCUT2D eigenvalue weighted by Crippen LogP contribution is -2.19. The van der Waals surface area contributed by atoms with Crippen molar-refractivity contribution in [3.8, 4) is 5.75 Å². The molecule has 0 fully saturated rings. The Kier molecular flexibility index (Phi) is 6.56. The minimum Gasteiger partial charge on any atom is -0.507 e. The molecular formula is C25H31Cl2N3O2. The van der Waals surface area contributed by atoms with E-state index in [1.807, 2.05) is 19.2 Å². The predicted molar refractivity (Wildman–Crippen MR) is 133 cm³/mol. The van der Waals surface area contributed by atoms with Gasteiger partial charge < -0.3 is 9.67 Å². The molecule has 3 aromatic rings. The van der Waals surface area contributed by atoms with Crippen LogP contribution in [0, 0.1) is 0 Å². The summed E-state index contributed by atoms with van der Waals surface area (Å²) in [6, 6.07) is 7.45. The number of rotatable bonds is 4. The largest absolute Gasteiger partial charge is 0.507 e. The van der Waals surface area contributed by atoms with Crippen molar-refractivity contribution in [3.63, 3.8) is 0 Å². The molecule has 0 spiro atoms. The first-order chi connectivity index (χ1) is 14.7. The Morgan fingerprint density at radius 2 is 1.53 bits per heavy atom. The molecule has 1 aromatic heterocycles. The number of phenols is 1. The summed E-state index contributed by atoms with van der Waals surface area (Å²) in [6.45, 7) is 12.5. The van der Waals surface area contributed by atoms with Crippen LogP contribution in [0.5, 0.6) is 5.75 Å². The smallest absolute Gasteiger partial charge is 0.227 e. The zero-order valence-electron chi connectivity index (χ0n) is 19.7.